The molecule has 0 amide bonds. The maximum Gasteiger partial charge on any atom is 0.136 e. The fraction of sp³-hybridized carbons (Fsp3) is 0.320. The molecule has 0 saturated carbocycles. The number of benzene rings is 2. The summed E-state index contributed by atoms with van der Waals surface area (Å²) in [6.45, 7) is 9.38. The van der Waals surface area contributed by atoms with Gasteiger partial charge in [-0.2, -0.15) is 0 Å². The van der Waals surface area contributed by atoms with Crippen molar-refractivity contribution in [2.75, 3.05) is 0 Å². The molecule has 5 rings (SSSR count). The van der Waals surface area contributed by atoms with Crippen LogP contribution in [0.4, 0.5) is 0 Å². The molecule has 0 aliphatic heterocycles. The normalized spacial score (nSPS) is 17.9. The van der Waals surface area contributed by atoms with Gasteiger partial charge in [0, 0.05) is 22.5 Å². The average Bonchev–Trinajstić information content (AvgIpc) is 3.03. The van der Waals surface area contributed by atoms with E-state index in [0.717, 1.165) is 27.8 Å². The SMILES string of the molecule is CC1(C)CCC(C)(C)c2cc(-c3ccc4c(c3)oc3ccccc34)ncc21. The van der Waals surface area contributed by atoms with E-state index in [2.05, 4.69) is 70.3 Å². The number of aromatic nitrogens is 1. The lowest BCUT2D eigenvalue weighted by molar-refractivity contribution is 0.331. The Kier molecular flexibility index (Phi) is 3.34. The highest BCUT2D eigenvalue weighted by Crippen LogP contribution is 2.46. The van der Waals surface area contributed by atoms with Gasteiger partial charge in [0.1, 0.15) is 11.2 Å². The molecule has 136 valence electrons. The highest BCUT2D eigenvalue weighted by atomic mass is 16.3. The number of hydrogen-bond acceptors (Lipinski definition) is 2. The van der Waals surface area contributed by atoms with Gasteiger partial charge in [-0.15, -0.1) is 0 Å². The lowest BCUT2D eigenvalue weighted by atomic mass is 9.63. The molecular weight excluding hydrogens is 330 g/mol. The molecule has 2 nitrogen and oxygen atoms in total. The predicted octanol–water partition coefficient (Wildman–Crippen LogP) is 7.00. The van der Waals surface area contributed by atoms with Gasteiger partial charge in [-0.1, -0.05) is 52.0 Å². The molecule has 0 bridgehead atoms. The molecule has 2 heterocycles. The van der Waals surface area contributed by atoms with E-state index in [1.54, 1.807) is 0 Å². The highest BCUT2D eigenvalue weighted by molar-refractivity contribution is 6.05. The van der Waals surface area contributed by atoms with Gasteiger partial charge in [-0.25, -0.2) is 0 Å². The van der Waals surface area contributed by atoms with Crippen molar-refractivity contribution in [3.63, 3.8) is 0 Å². The molecule has 2 aromatic carbocycles. The number of pyridine rings is 1. The third-order valence-electron chi connectivity index (χ3n) is 6.41. The van der Waals surface area contributed by atoms with Crippen LogP contribution in [-0.2, 0) is 10.8 Å². The molecular formula is C25H25NO. The van der Waals surface area contributed by atoms with Gasteiger partial charge in [-0.05, 0) is 59.1 Å². The Bertz CT molecular complexity index is 1180. The van der Waals surface area contributed by atoms with E-state index < -0.39 is 0 Å². The first-order valence-corrected chi connectivity index (χ1v) is 9.78. The zero-order valence-electron chi connectivity index (χ0n) is 16.5. The number of rotatable bonds is 1. The summed E-state index contributed by atoms with van der Waals surface area (Å²) in [6, 6.07) is 17.0. The Labute approximate surface area is 160 Å². The molecule has 0 fully saturated rings. The molecule has 0 saturated heterocycles. The van der Waals surface area contributed by atoms with Crippen LogP contribution in [0, 0.1) is 0 Å². The van der Waals surface area contributed by atoms with E-state index in [-0.39, 0.29) is 10.8 Å². The van der Waals surface area contributed by atoms with E-state index in [4.69, 9.17) is 9.40 Å². The maximum absolute atomic E-state index is 6.07. The quantitative estimate of drug-likeness (QED) is 0.367. The summed E-state index contributed by atoms with van der Waals surface area (Å²) >= 11 is 0. The minimum Gasteiger partial charge on any atom is -0.456 e. The summed E-state index contributed by atoms with van der Waals surface area (Å²) in [6.07, 6.45) is 4.52. The molecule has 0 spiro atoms. The first-order valence-electron chi connectivity index (χ1n) is 9.78. The molecule has 1 aliphatic carbocycles. The molecule has 0 N–H and O–H groups in total. The summed E-state index contributed by atoms with van der Waals surface area (Å²) in [5.74, 6) is 0. The molecule has 1 aliphatic rings. The standard InChI is InChI=1S/C25H25NO/c1-24(2)11-12-25(3,4)20-15-26-21(14-19(20)24)16-9-10-18-17-7-5-6-8-22(17)27-23(18)13-16/h5-10,13-15H,11-12H2,1-4H3. The fourth-order valence-electron chi connectivity index (χ4n) is 4.49. The van der Waals surface area contributed by atoms with E-state index in [1.807, 2.05) is 12.1 Å². The van der Waals surface area contributed by atoms with Crippen molar-refractivity contribution in [2.24, 2.45) is 0 Å². The minimum atomic E-state index is 0.187. The van der Waals surface area contributed by atoms with Crippen LogP contribution in [-0.4, -0.2) is 4.98 Å². The van der Waals surface area contributed by atoms with Crippen molar-refractivity contribution in [2.45, 2.75) is 51.4 Å². The molecule has 4 aromatic rings. The molecule has 2 heteroatoms. The minimum absolute atomic E-state index is 0.187. The topological polar surface area (TPSA) is 26.0 Å². The lowest BCUT2D eigenvalue weighted by Gasteiger charge is -2.41. The average molecular weight is 355 g/mol. The van der Waals surface area contributed by atoms with Gasteiger partial charge < -0.3 is 4.42 Å². The summed E-state index contributed by atoms with van der Waals surface area (Å²) in [5, 5.41) is 2.33. The van der Waals surface area contributed by atoms with Crippen molar-refractivity contribution < 1.29 is 4.42 Å². The Hall–Kier alpha value is -2.61. The summed E-state index contributed by atoms with van der Waals surface area (Å²) in [5.41, 5.74) is 7.22. The molecule has 0 atom stereocenters. The monoisotopic (exact) mass is 355 g/mol. The van der Waals surface area contributed by atoms with Crippen molar-refractivity contribution in [1.82, 2.24) is 4.98 Å². The molecule has 2 aromatic heterocycles. The van der Waals surface area contributed by atoms with E-state index in [1.165, 1.54) is 29.4 Å². The third kappa shape index (κ3) is 2.50. The van der Waals surface area contributed by atoms with Crippen molar-refractivity contribution in [3.05, 3.63) is 65.9 Å². The molecule has 27 heavy (non-hydrogen) atoms. The van der Waals surface area contributed by atoms with Gasteiger partial charge in [0.15, 0.2) is 0 Å². The fourth-order valence-corrected chi connectivity index (χ4v) is 4.49. The Morgan fingerprint density at radius 1 is 0.778 bits per heavy atom. The van der Waals surface area contributed by atoms with Gasteiger partial charge in [0.05, 0.1) is 5.69 Å². The summed E-state index contributed by atoms with van der Waals surface area (Å²) < 4.78 is 6.07. The van der Waals surface area contributed by atoms with Crippen molar-refractivity contribution >= 4 is 21.9 Å². The van der Waals surface area contributed by atoms with Gasteiger partial charge in [-0.3, -0.25) is 4.98 Å². The lowest BCUT2D eigenvalue weighted by Crippen LogP contribution is -2.34. The van der Waals surface area contributed by atoms with E-state index in [9.17, 15) is 0 Å². The smallest absolute Gasteiger partial charge is 0.136 e. The van der Waals surface area contributed by atoms with Gasteiger partial charge in [0.2, 0.25) is 0 Å². The zero-order chi connectivity index (χ0) is 18.8. The first-order chi connectivity index (χ1) is 12.9. The zero-order valence-corrected chi connectivity index (χ0v) is 16.5. The van der Waals surface area contributed by atoms with Crippen LogP contribution in [0.15, 0.2) is 59.1 Å². The van der Waals surface area contributed by atoms with Crippen LogP contribution in [0.1, 0.15) is 51.7 Å². The number of nitrogens with zero attached hydrogens (tertiary/aromatic N) is 1. The second-order valence-electron chi connectivity index (χ2n) is 9.19. The van der Waals surface area contributed by atoms with Crippen molar-refractivity contribution in [1.29, 1.82) is 0 Å². The van der Waals surface area contributed by atoms with Crippen LogP contribution in [0.5, 0.6) is 0 Å². The Morgan fingerprint density at radius 3 is 2.30 bits per heavy atom. The van der Waals surface area contributed by atoms with Crippen LogP contribution >= 0.6 is 0 Å². The van der Waals surface area contributed by atoms with E-state index >= 15 is 0 Å². The van der Waals surface area contributed by atoms with Crippen LogP contribution in [0.2, 0.25) is 0 Å². The third-order valence-corrected chi connectivity index (χ3v) is 6.41. The first kappa shape index (κ1) is 16.6. The molecule has 0 radical (unpaired) electrons. The number of hydrogen-bond donors (Lipinski definition) is 0. The van der Waals surface area contributed by atoms with Crippen LogP contribution < -0.4 is 0 Å². The highest BCUT2D eigenvalue weighted by Gasteiger charge is 2.37. The number of furan rings is 1. The van der Waals surface area contributed by atoms with Crippen LogP contribution in [0.25, 0.3) is 33.2 Å². The van der Waals surface area contributed by atoms with Crippen LogP contribution in [0.3, 0.4) is 0 Å². The largest absolute Gasteiger partial charge is 0.456 e. The summed E-state index contributed by atoms with van der Waals surface area (Å²) in [4.78, 5) is 4.84. The predicted molar refractivity (Wildman–Crippen MR) is 112 cm³/mol. The Morgan fingerprint density at radius 2 is 1.48 bits per heavy atom. The number of para-hydroxylation sites is 1. The summed E-state index contributed by atoms with van der Waals surface area (Å²) in [7, 11) is 0. The maximum atomic E-state index is 6.07. The van der Waals surface area contributed by atoms with Gasteiger partial charge >= 0.3 is 0 Å². The molecule has 0 unspecified atom stereocenters. The second-order valence-corrected chi connectivity index (χ2v) is 9.19. The number of fused-ring (bicyclic) bond motifs is 4. The van der Waals surface area contributed by atoms with E-state index in [0.29, 0.717) is 0 Å². The Balaban J connectivity index is 1.68. The van der Waals surface area contributed by atoms with Gasteiger partial charge in [0.25, 0.3) is 0 Å². The second kappa shape index (κ2) is 5.45. The van der Waals surface area contributed by atoms with Crippen molar-refractivity contribution in [3.8, 4) is 11.3 Å².